The molecular formula is C22H18IN3O5. The van der Waals surface area contributed by atoms with E-state index >= 15 is 0 Å². The molecule has 8 nitrogen and oxygen atoms in total. The Kier molecular flexibility index (Phi) is 7.55. The number of benzene rings is 3. The number of carbonyl (C=O) groups excluding carboxylic acids is 2. The molecule has 0 radical (unpaired) electrons. The molecule has 0 atom stereocenters. The minimum absolute atomic E-state index is 0.296. The van der Waals surface area contributed by atoms with Crippen LogP contribution in [-0.2, 0) is 4.84 Å². The largest absolute Gasteiger partial charge is 0.493 e. The lowest BCUT2D eigenvalue weighted by molar-refractivity contribution is 0.0596. The van der Waals surface area contributed by atoms with Crippen LogP contribution in [0.5, 0.6) is 11.5 Å². The second kappa shape index (κ2) is 10.5. The molecule has 0 heterocycles. The van der Waals surface area contributed by atoms with Gasteiger partial charge in [0.25, 0.3) is 5.91 Å². The van der Waals surface area contributed by atoms with Crippen molar-refractivity contribution in [3.05, 3.63) is 81.4 Å². The Morgan fingerprint density at radius 3 is 2.29 bits per heavy atom. The molecular weight excluding hydrogens is 513 g/mol. The molecule has 31 heavy (non-hydrogen) atoms. The van der Waals surface area contributed by atoms with Crippen LogP contribution in [0.15, 0.2) is 77.0 Å². The first kappa shape index (κ1) is 22.2. The molecule has 1 N–H and O–H groups in total. The number of anilines is 1. The van der Waals surface area contributed by atoms with E-state index in [9.17, 15) is 9.59 Å². The molecule has 3 rings (SSSR count). The van der Waals surface area contributed by atoms with Crippen LogP contribution in [0, 0.1) is 3.57 Å². The summed E-state index contributed by atoms with van der Waals surface area (Å²) in [5.74, 6) is -0.0764. The van der Waals surface area contributed by atoms with E-state index in [1.165, 1.54) is 20.3 Å². The van der Waals surface area contributed by atoms with Crippen molar-refractivity contribution in [1.82, 2.24) is 0 Å². The third kappa shape index (κ3) is 5.79. The number of hydrogen-bond donors (Lipinski definition) is 1. The van der Waals surface area contributed by atoms with E-state index in [0.717, 1.165) is 3.57 Å². The molecule has 9 heteroatoms. The summed E-state index contributed by atoms with van der Waals surface area (Å²) in [6.45, 7) is 0. The zero-order valence-electron chi connectivity index (χ0n) is 16.7. The van der Waals surface area contributed by atoms with Gasteiger partial charge in [-0.1, -0.05) is 12.1 Å². The van der Waals surface area contributed by atoms with E-state index < -0.39 is 11.9 Å². The van der Waals surface area contributed by atoms with E-state index in [2.05, 4.69) is 38.3 Å². The SMILES string of the molecule is COc1ccc(C(=O)ONc2ccc(N=NC(=O)c3ccccc3I)cc2)cc1OC. The van der Waals surface area contributed by atoms with Gasteiger partial charge in [-0.2, -0.15) is 0 Å². The van der Waals surface area contributed by atoms with Crippen molar-refractivity contribution in [2.75, 3.05) is 19.7 Å². The number of halogens is 1. The van der Waals surface area contributed by atoms with E-state index in [4.69, 9.17) is 14.3 Å². The van der Waals surface area contributed by atoms with Gasteiger partial charge in [0.1, 0.15) is 0 Å². The molecule has 0 aliphatic rings. The first-order valence-electron chi connectivity index (χ1n) is 9.01. The first-order valence-corrected chi connectivity index (χ1v) is 10.1. The minimum Gasteiger partial charge on any atom is -0.493 e. The van der Waals surface area contributed by atoms with E-state index in [-0.39, 0.29) is 0 Å². The Morgan fingerprint density at radius 1 is 0.903 bits per heavy atom. The van der Waals surface area contributed by atoms with Gasteiger partial charge in [0, 0.05) is 3.57 Å². The highest BCUT2D eigenvalue weighted by Gasteiger charge is 2.12. The molecule has 0 fully saturated rings. The monoisotopic (exact) mass is 531 g/mol. The van der Waals surface area contributed by atoms with E-state index in [1.54, 1.807) is 48.5 Å². The fourth-order valence-electron chi connectivity index (χ4n) is 2.52. The van der Waals surface area contributed by atoms with Crippen LogP contribution >= 0.6 is 22.6 Å². The Morgan fingerprint density at radius 2 is 1.61 bits per heavy atom. The van der Waals surface area contributed by atoms with E-state index in [1.807, 2.05) is 12.1 Å². The predicted octanol–water partition coefficient (Wildman–Crippen LogP) is 5.42. The molecule has 0 saturated heterocycles. The molecule has 0 aromatic heterocycles. The van der Waals surface area contributed by atoms with Gasteiger partial charge in [0.15, 0.2) is 11.5 Å². The maximum absolute atomic E-state index is 12.2. The van der Waals surface area contributed by atoms with Crippen LogP contribution in [0.4, 0.5) is 11.4 Å². The minimum atomic E-state index is -0.590. The zero-order chi connectivity index (χ0) is 22.2. The third-order valence-electron chi connectivity index (χ3n) is 4.11. The first-order chi connectivity index (χ1) is 15.0. The summed E-state index contributed by atoms with van der Waals surface area (Å²) >= 11 is 2.07. The summed E-state index contributed by atoms with van der Waals surface area (Å²) in [6.07, 6.45) is 0. The molecule has 0 aliphatic heterocycles. The van der Waals surface area contributed by atoms with Crippen LogP contribution in [-0.4, -0.2) is 26.1 Å². The van der Waals surface area contributed by atoms with Crippen LogP contribution in [0.25, 0.3) is 0 Å². The van der Waals surface area contributed by atoms with E-state index in [0.29, 0.717) is 34.0 Å². The van der Waals surface area contributed by atoms with Gasteiger partial charge in [-0.3, -0.25) is 4.79 Å². The average Bonchev–Trinajstić information content (AvgIpc) is 2.81. The molecule has 3 aromatic carbocycles. The lowest BCUT2D eigenvalue weighted by Gasteiger charge is -2.10. The standard InChI is InChI=1S/C22H18IN3O5/c1-29-19-12-7-14(13-20(19)30-2)22(28)31-26-16-10-8-15(9-11-16)24-25-21(27)17-5-3-4-6-18(17)23/h3-13,26H,1-2H3. The zero-order valence-corrected chi connectivity index (χ0v) is 18.8. The summed E-state index contributed by atoms with van der Waals surface area (Å²) in [5, 5.41) is 7.71. The molecule has 0 aliphatic carbocycles. The molecule has 0 bridgehead atoms. The predicted molar refractivity (Wildman–Crippen MR) is 123 cm³/mol. The summed E-state index contributed by atoms with van der Waals surface area (Å²) < 4.78 is 11.1. The van der Waals surface area contributed by atoms with Crippen molar-refractivity contribution in [2.24, 2.45) is 10.2 Å². The lowest BCUT2D eigenvalue weighted by Crippen LogP contribution is -2.11. The maximum atomic E-state index is 12.2. The number of carbonyl (C=O) groups is 2. The molecule has 0 spiro atoms. The highest BCUT2D eigenvalue weighted by Crippen LogP contribution is 2.28. The number of nitrogens with zero attached hydrogens (tertiary/aromatic N) is 2. The summed E-state index contributed by atoms with van der Waals surface area (Å²) in [4.78, 5) is 29.5. The fraction of sp³-hybridized carbons (Fsp3) is 0.0909. The van der Waals surface area contributed by atoms with Gasteiger partial charge in [-0.15, -0.1) is 10.2 Å². The van der Waals surface area contributed by atoms with Crippen LogP contribution in [0.1, 0.15) is 20.7 Å². The second-order valence-corrected chi connectivity index (χ2v) is 7.26. The topological polar surface area (TPSA) is 98.6 Å². The van der Waals surface area contributed by atoms with Gasteiger partial charge in [0.05, 0.1) is 36.7 Å². The Balaban J connectivity index is 1.59. The van der Waals surface area contributed by atoms with Crippen LogP contribution in [0.2, 0.25) is 0 Å². The normalized spacial score (nSPS) is 10.5. The van der Waals surface area contributed by atoms with Gasteiger partial charge < -0.3 is 14.3 Å². The summed E-state index contributed by atoms with van der Waals surface area (Å²) in [7, 11) is 3.00. The molecule has 158 valence electrons. The number of nitrogens with one attached hydrogen (secondary N) is 1. The number of methoxy groups -OCH3 is 2. The van der Waals surface area contributed by atoms with Crippen molar-refractivity contribution in [3.8, 4) is 11.5 Å². The third-order valence-corrected chi connectivity index (χ3v) is 5.05. The van der Waals surface area contributed by atoms with Gasteiger partial charge >= 0.3 is 5.97 Å². The number of amides is 1. The highest BCUT2D eigenvalue weighted by molar-refractivity contribution is 14.1. The number of azo groups is 1. The van der Waals surface area contributed by atoms with Crippen molar-refractivity contribution < 1.29 is 23.9 Å². The maximum Gasteiger partial charge on any atom is 0.362 e. The quantitative estimate of drug-likeness (QED) is 0.249. The van der Waals surface area contributed by atoms with Crippen molar-refractivity contribution >= 4 is 45.8 Å². The highest BCUT2D eigenvalue weighted by atomic mass is 127. The van der Waals surface area contributed by atoms with Gasteiger partial charge in [-0.25, -0.2) is 10.3 Å². The summed E-state index contributed by atoms with van der Waals surface area (Å²) in [5.41, 5.74) is 4.37. The van der Waals surface area contributed by atoms with Crippen molar-refractivity contribution in [3.63, 3.8) is 0 Å². The molecule has 0 saturated carbocycles. The molecule has 1 amide bonds. The summed E-state index contributed by atoms with van der Waals surface area (Å²) in [6, 6.07) is 18.4. The smallest absolute Gasteiger partial charge is 0.362 e. The number of ether oxygens (including phenoxy) is 2. The molecule has 3 aromatic rings. The van der Waals surface area contributed by atoms with Gasteiger partial charge in [0.2, 0.25) is 0 Å². The molecule has 0 unspecified atom stereocenters. The lowest BCUT2D eigenvalue weighted by atomic mass is 10.2. The number of rotatable bonds is 7. The van der Waals surface area contributed by atoms with Crippen LogP contribution in [0.3, 0.4) is 0 Å². The van der Waals surface area contributed by atoms with Crippen LogP contribution < -0.4 is 15.0 Å². The van der Waals surface area contributed by atoms with Gasteiger partial charge in [-0.05, 0) is 77.2 Å². The average molecular weight is 531 g/mol. The fourth-order valence-corrected chi connectivity index (χ4v) is 3.13. The Labute approximate surface area is 192 Å². The Bertz CT molecular complexity index is 1120. The number of hydrogen-bond acceptors (Lipinski definition) is 7. The van der Waals surface area contributed by atoms with Crippen molar-refractivity contribution in [2.45, 2.75) is 0 Å². The van der Waals surface area contributed by atoms with Crippen molar-refractivity contribution in [1.29, 1.82) is 0 Å². The Hall–Kier alpha value is -3.47. The second-order valence-electron chi connectivity index (χ2n) is 6.09.